The second kappa shape index (κ2) is 6.37. The normalized spacial score (nSPS) is 20.9. The zero-order valence-corrected chi connectivity index (χ0v) is 10.2. The fourth-order valence-corrected chi connectivity index (χ4v) is 2.22. The van der Waals surface area contributed by atoms with Crippen LogP contribution >= 0.6 is 0 Å². The first-order chi connectivity index (χ1) is 8.11. The molecule has 0 aliphatic heterocycles. The molecule has 1 aliphatic carbocycles. The molecular formula is C12H18O5. The van der Waals surface area contributed by atoms with Crippen molar-refractivity contribution in [3.8, 4) is 0 Å². The van der Waals surface area contributed by atoms with Crippen LogP contribution in [0.2, 0.25) is 0 Å². The van der Waals surface area contributed by atoms with Gasteiger partial charge in [-0.05, 0) is 12.8 Å². The topological polar surface area (TPSA) is 69.7 Å². The Morgan fingerprint density at radius 3 is 2.24 bits per heavy atom. The van der Waals surface area contributed by atoms with E-state index >= 15 is 0 Å². The highest BCUT2D eigenvalue weighted by Crippen LogP contribution is 2.28. The van der Waals surface area contributed by atoms with Gasteiger partial charge >= 0.3 is 11.9 Å². The summed E-state index contributed by atoms with van der Waals surface area (Å²) >= 11 is 0. The Morgan fingerprint density at radius 1 is 1.12 bits per heavy atom. The minimum absolute atomic E-state index is 0.0386. The molecule has 0 radical (unpaired) electrons. The average Bonchev–Trinajstić information content (AvgIpc) is 2.54. The van der Waals surface area contributed by atoms with Crippen molar-refractivity contribution in [1.82, 2.24) is 0 Å². The molecule has 0 bridgehead atoms. The molecular weight excluding hydrogens is 224 g/mol. The second-order valence-electron chi connectivity index (χ2n) is 4.20. The molecule has 0 aromatic heterocycles. The molecule has 96 valence electrons. The first-order valence-corrected chi connectivity index (χ1v) is 5.80. The second-order valence-corrected chi connectivity index (χ2v) is 4.20. The van der Waals surface area contributed by atoms with Gasteiger partial charge < -0.3 is 9.47 Å². The lowest BCUT2D eigenvalue weighted by atomic mass is 9.85. The van der Waals surface area contributed by atoms with E-state index in [4.69, 9.17) is 0 Å². The van der Waals surface area contributed by atoms with Crippen molar-refractivity contribution in [2.24, 2.45) is 11.8 Å². The summed E-state index contributed by atoms with van der Waals surface area (Å²) in [5.74, 6) is -3.09. The van der Waals surface area contributed by atoms with Gasteiger partial charge in [-0.15, -0.1) is 0 Å². The van der Waals surface area contributed by atoms with Crippen LogP contribution in [0.5, 0.6) is 0 Å². The number of methoxy groups -OCH3 is 2. The van der Waals surface area contributed by atoms with Gasteiger partial charge in [-0.3, -0.25) is 14.4 Å². The summed E-state index contributed by atoms with van der Waals surface area (Å²) in [5.41, 5.74) is 0. The Balaban J connectivity index is 2.90. The number of carbonyl (C=O) groups excluding carboxylic acids is 3. The van der Waals surface area contributed by atoms with Gasteiger partial charge in [0.15, 0.2) is 5.92 Å². The van der Waals surface area contributed by atoms with Gasteiger partial charge in [-0.25, -0.2) is 0 Å². The lowest BCUT2D eigenvalue weighted by molar-refractivity contribution is -0.163. The molecule has 0 saturated heterocycles. The molecule has 17 heavy (non-hydrogen) atoms. The fraction of sp³-hybridized carbons (Fsp3) is 0.750. The van der Waals surface area contributed by atoms with E-state index in [2.05, 4.69) is 9.47 Å². The number of hydrogen-bond donors (Lipinski definition) is 0. The van der Waals surface area contributed by atoms with Gasteiger partial charge in [0, 0.05) is 12.3 Å². The van der Waals surface area contributed by atoms with Crippen LogP contribution in [0.3, 0.4) is 0 Å². The monoisotopic (exact) mass is 242 g/mol. The highest BCUT2D eigenvalue weighted by atomic mass is 16.5. The first kappa shape index (κ1) is 13.7. The molecule has 1 rings (SSSR count). The molecule has 0 N–H and O–H groups in total. The molecule has 0 heterocycles. The van der Waals surface area contributed by atoms with Crippen LogP contribution in [0, 0.1) is 11.8 Å². The van der Waals surface area contributed by atoms with Gasteiger partial charge in [0.1, 0.15) is 5.78 Å². The summed E-state index contributed by atoms with van der Waals surface area (Å²) in [7, 11) is 2.42. The molecule has 1 aliphatic rings. The number of ketones is 1. The lowest BCUT2D eigenvalue weighted by Crippen LogP contribution is -2.37. The summed E-state index contributed by atoms with van der Waals surface area (Å²) in [5, 5.41) is 0. The van der Waals surface area contributed by atoms with Crippen molar-refractivity contribution in [2.75, 3.05) is 14.2 Å². The Kier molecular flexibility index (Phi) is 5.12. The van der Waals surface area contributed by atoms with E-state index in [1.807, 2.05) is 0 Å². The molecule has 0 aromatic rings. The first-order valence-electron chi connectivity index (χ1n) is 5.80. The standard InChI is InChI=1S/C12H18O5/c1-16-11(14)10(12(15)17-2)8-6-4-3-5-7-9(8)13/h8,10H,3-7H2,1-2H3/t8-/m1/s1. The SMILES string of the molecule is COC(=O)C(C(=O)OC)[C@@H]1CCCCCC1=O. The van der Waals surface area contributed by atoms with Crippen molar-refractivity contribution in [2.45, 2.75) is 32.1 Å². The predicted molar refractivity (Wildman–Crippen MR) is 59.1 cm³/mol. The van der Waals surface area contributed by atoms with E-state index in [1.54, 1.807) is 0 Å². The Hall–Kier alpha value is -1.39. The van der Waals surface area contributed by atoms with Crippen LogP contribution in [-0.2, 0) is 23.9 Å². The number of carbonyl (C=O) groups is 3. The maximum Gasteiger partial charge on any atom is 0.320 e. The minimum atomic E-state index is -1.10. The van der Waals surface area contributed by atoms with Gasteiger partial charge in [-0.1, -0.05) is 12.8 Å². The lowest BCUT2D eigenvalue weighted by Gasteiger charge is -2.20. The Labute approximate surface area is 100 Å². The molecule has 0 unspecified atom stereocenters. The predicted octanol–water partition coefficient (Wildman–Crippen LogP) is 1.10. The van der Waals surface area contributed by atoms with E-state index in [0.717, 1.165) is 19.3 Å². The summed E-state index contributed by atoms with van der Waals surface area (Å²) in [6, 6.07) is 0. The molecule has 0 spiro atoms. The third kappa shape index (κ3) is 3.28. The molecule has 5 nitrogen and oxygen atoms in total. The number of esters is 2. The van der Waals surface area contributed by atoms with E-state index < -0.39 is 23.8 Å². The molecule has 1 saturated carbocycles. The van der Waals surface area contributed by atoms with Crippen LogP contribution in [0.15, 0.2) is 0 Å². The van der Waals surface area contributed by atoms with Gasteiger partial charge in [0.2, 0.25) is 0 Å². The smallest absolute Gasteiger partial charge is 0.320 e. The Bertz CT molecular complexity index is 294. The van der Waals surface area contributed by atoms with Crippen molar-refractivity contribution in [1.29, 1.82) is 0 Å². The number of Topliss-reactive ketones (excluding diaryl/α,β-unsaturated/α-hetero) is 1. The third-order valence-corrected chi connectivity index (χ3v) is 3.16. The zero-order valence-electron chi connectivity index (χ0n) is 10.2. The van der Waals surface area contributed by atoms with Crippen molar-refractivity contribution >= 4 is 17.7 Å². The van der Waals surface area contributed by atoms with Crippen molar-refractivity contribution in [3.63, 3.8) is 0 Å². The number of rotatable bonds is 3. The van der Waals surface area contributed by atoms with Gasteiger partial charge in [0.05, 0.1) is 14.2 Å². The summed E-state index contributed by atoms with van der Waals surface area (Å²) < 4.78 is 9.17. The molecule has 1 atom stereocenters. The fourth-order valence-electron chi connectivity index (χ4n) is 2.22. The van der Waals surface area contributed by atoms with Crippen molar-refractivity contribution < 1.29 is 23.9 Å². The Morgan fingerprint density at radius 2 is 1.71 bits per heavy atom. The van der Waals surface area contributed by atoms with E-state index in [0.29, 0.717) is 12.8 Å². The van der Waals surface area contributed by atoms with Crippen molar-refractivity contribution in [3.05, 3.63) is 0 Å². The minimum Gasteiger partial charge on any atom is -0.468 e. The maximum atomic E-state index is 11.9. The summed E-state index contributed by atoms with van der Waals surface area (Å²) in [6.07, 6.45) is 3.60. The average molecular weight is 242 g/mol. The number of hydrogen-bond acceptors (Lipinski definition) is 5. The maximum absolute atomic E-state index is 11.9. The quantitative estimate of drug-likeness (QED) is 0.421. The highest BCUT2D eigenvalue weighted by molar-refractivity contribution is 6.00. The number of ether oxygens (including phenoxy) is 2. The van der Waals surface area contributed by atoms with Crippen LogP contribution in [-0.4, -0.2) is 31.9 Å². The largest absolute Gasteiger partial charge is 0.468 e. The summed E-state index contributed by atoms with van der Waals surface area (Å²) in [6.45, 7) is 0. The van der Waals surface area contributed by atoms with Crippen LogP contribution in [0.1, 0.15) is 32.1 Å². The van der Waals surface area contributed by atoms with E-state index in [9.17, 15) is 14.4 Å². The zero-order chi connectivity index (χ0) is 12.8. The summed E-state index contributed by atoms with van der Waals surface area (Å²) in [4.78, 5) is 35.1. The van der Waals surface area contributed by atoms with Crippen LogP contribution in [0.4, 0.5) is 0 Å². The van der Waals surface area contributed by atoms with Crippen LogP contribution < -0.4 is 0 Å². The van der Waals surface area contributed by atoms with E-state index in [1.165, 1.54) is 14.2 Å². The third-order valence-electron chi connectivity index (χ3n) is 3.16. The van der Waals surface area contributed by atoms with Crippen LogP contribution in [0.25, 0.3) is 0 Å². The van der Waals surface area contributed by atoms with Gasteiger partial charge in [-0.2, -0.15) is 0 Å². The molecule has 0 amide bonds. The van der Waals surface area contributed by atoms with Gasteiger partial charge in [0.25, 0.3) is 0 Å². The molecule has 1 fully saturated rings. The molecule has 5 heteroatoms. The van der Waals surface area contributed by atoms with E-state index in [-0.39, 0.29) is 5.78 Å². The highest BCUT2D eigenvalue weighted by Gasteiger charge is 2.40. The molecule has 0 aromatic carbocycles.